The summed E-state index contributed by atoms with van der Waals surface area (Å²) in [6, 6.07) is 5.65. The minimum atomic E-state index is -0.0541. The van der Waals surface area contributed by atoms with Gasteiger partial charge in [-0.25, -0.2) is 4.52 Å². The second-order valence-electron chi connectivity index (χ2n) is 5.06. The van der Waals surface area contributed by atoms with E-state index < -0.39 is 0 Å². The van der Waals surface area contributed by atoms with Gasteiger partial charge in [-0.3, -0.25) is 9.78 Å². The molecule has 0 atom stereocenters. The zero-order chi connectivity index (χ0) is 14.4. The van der Waals surface area contributed by atoms with Crippen LogP contribution in [-0.4, -0.2) is 27.0 Å². The summed E-state index contributed by atoms with van der Waals surface area (Å²) < 4.78 is 1.65. The average molecular weight is 279 g/mol. The van der Waals surface area contributed by atoms with Crippen molar-refractivity contribution in [1.82, 2.24) is 14.6 Å². The predicted molar refractivity (Wildman–Crippen MR) is 79.2 cm³/mol. The number of nitrogen functional groups attached to an aromatic ring is 1. The van der Waals surface area contributed by atoms with Gasteiger partial charge in [0.2, 0.25) is 0 Å². The fourth-order valence-electron chi connectivity index (χ4n) is 2.78. The number of carbonyl (C=O) groups is 1. The maximum Gasteiger partial charge on any atom is 0.262 e. The Hall–Kier alpha value is -2.89. The van der Waals surface area contributed by atoms with E-state index in [1.54, 1.807) is 34.2 Å². The Morgan fingerprint density at radius 3 is 3.10 bits per heavy atom. The lowest BCUT2D eigenvalue weighted by Crippen LogP contribution is -2.28. The molecule has 2 aromatic heterocycles. The first-order valence-corrected chi connectivity index (χ1v) is 6.71. The van der Waals surface area contributed by atoms with Gasteiger partial charge in [-0.05, 0) is 30.2 Å². The van der Waals surface area contributed by atoms with Crippen molar-refractivity contribution in [3.63, 3.8) is 0 Å². The van der Waals surface area contributed by atoms with Gasteiger partial charge in [-0.2, -0.15) is 5.10 Å². The van der Waals surface area contributed by atoms with Crippen LogP contribution >= 0.6 is 0 Å². The summed E-state index contributed by atoms with van der Waals surface area (Å²) in [6.45, 7) is 0.662. The number of aromatic nitrogens is 3. The third-order valence-corrected chi connectivity index (χ3v) is 3.80. The van der Waals surface area contributed by atoms with Crippen molar-refractivity contribution in [2.24, 2.45) is 0 Å². The maximum atomic E-state index is 12.8. The summed E-state index contributed by atoms with van der Waals surface area (Å²) in [5, 5.41) is 4.19. The predicted octanol–water partition coefficient (Wildman–Crippen LogP) is 1.51. The van der Waals surface area contributed by atoms with E-state index >= 15 is 0 Å². The Balaban J connectivity index is 1.77. The van der Waals surface area contributed by atoms with E-state index in [2.05, 4.69) is 10.1 Å². The lowest BCUT2D eigenvalue weighted by Gasteiger charge is -2.16. The highest BCUT2D eigenvalue weighted by Crippen LogP contribution is 2.31. The second kappa shape index (κ2) is 4.31. The summed E-state index contributed by atoms with van der Waals surface area (Å²) in [5.41, 5.74) is 9.84. The summed E-state index contributed by atoms with van der Waals surface area (Å²) in [4.78, 5) is 18.6. The molecule has 1 aliphatic heterocycles. The van der Waals surface area contributed by atoms with Gasteiger partial charge in [-0.1, -0.05) is 0 Å². The van der Waals surface area contributed by atoms with Crippen LogP contribution < -0.4 is 10.6 Å². The van der Waals surface area contributed by atoms with E-state index in [4.69, 9.17) is 5.73 Å². The zero-order valence-electron chi connectivity index (χ0n) is 11.2. The molecule has 0 saturated heterocycles. The van der Waals surface area contributed by atoms with E-state index in [0.29, 0.717) is 17.6 Å². The molecule has 1 aliphatic rings. The molecule has 0 fully saturated rings. The van der Waals surface area contributed by atoms with Crippen LogP contribution in [0.5, 0.6) is 0 Å². The van der Waals surface area contributed by atoms with Crippen molar-refractivity contribution in [2.45, 2.75) is 6.42 Å². The third kappa shape index (κ3) is 1.76. The van der Waals surface area contributed by atoms with Crippen LogP contribution in [0.15, 0.2) is 43.0 Å². The molecule has 0 bridgehead atoms. The number of nitrogens with zero attached hydrogens (tertiary/aromatic N) is 4. The van der Waals surface area contributed by atoms with Gasteiger partial charge in [0.05, 0.1) is 23.5 Å². The van der Waals surface area contributed by atoms with Gasteiger partial charge < -0.3 is 10.6 Å². The van der Waals surface area contributed by atoms with Gasteiger partial charge in [0.25, 0.3) is 5.91 Å². The highest BCUT2D eigenvalue weighted by atomic mass is 16.2. The number of hydrogen-bond donors (Lipinski definition) is 1. The normalized spacial score (nSPS) is 13.6. The van der Waals surface area contributed by atoms with Crippen LogP contribution in [0, 0.1) is 0 Å². The van der Waals surface area contributed by atoms with Gasteiger partial charge in [0, 0.05) is 30.3 Å². The minimum absolute atomic E-state index is 0.0541. The zero-order valence-corrected chi connectivity index (χ0v) is 11.2. The quantitative estimate of drug-likeness (QED) is 0.685. The number of nitrogens with two attached hydrogens (primary N) is 1. The van der Waals surface area contributed by atoms with Crippen molar-refractivity contribution >= 4 is 22.8 Å². The second-order valence-corrected chi connectivity index (χ2v) is 5.06. The van der Waals surface area contributed by atoms with Crippen LogP contribution in [-0.2, 0) is 6.42 Å². The molecule has 3 aromatic rings. The average Bonchev–Trinajstić information content (AvgIpc) is 3.10. The summed E-state index contributed by atoms with van der Waals surface area (Å²) in [7, 11) is 0. The van der Waals surface area contributed by atoms with E-state index in [1.807, 2.05) is 18.2 Å². The first kappa shape index (κ1) is 11.9. The number of benzene rings is 1. The maximum absolute atomic E-state index is 12.8. The molecule has 0 spiro atoms. The molecule has 3 heterocycles. The van der Waals surface area contributed by atoms with Crippen molar-refractivity contribution < 1.29 is 4.79 Å². The molecule has 104 valence electrons. The third-order valence-electron chi connectivity index (χ3n) is 3.80. The molecule has 0 radical (unpaired) electrons. The standard InChI is InChI=1S/C15H13N5O/c16-11-1-2-13-10(7-11)3-5-19(13)15(21)12-8-18-20-6-4-17-9-14(12)20/h1-2,4,6-9H,3,5,16H2. The Bertz CT molecular complexity index is 854. The van der Waals surface area contributed by atoms with E-state index in [0.717, 1.165) is 23.4 Å². The number of carbonyl (C=O) groups excluding carboxylic acids is 1. The molecular weight excluding hydrogens is 266 g/mol. The summed E-state index contributed by atoms with van der Waals surface area (Å²) >= 11 is 0. The number of hydrogen-bond acceptors (Lipinski definition) is 4. The van der Waals surface area contributed by atoms with Gasteiger partial charge in [-0.15, -0.1) is 0 Å². The van der Waals surface area contributed by atoms with E-state index in [1.165, 1.54) is 0 Å². The molecule has 0 aliphatic carbocycles. The highest BCUT2D eigenvalue weighted by molar-refractivity contribution is 6.11. The summed E-state index contributed by atoms with van der Waals surface area (Å²) in [5.74, 6) is -0.0541. The molecular formula is C15H13N5O. The largest absolute Gasteiger partial charge is 0.399 e. The summed E-state index contributed by atoms with van der Waals surface area (Å²) in [6.07, 6.45) is 7.44. The number of amides is 1. The highest BCUT2D eigenvalue weighted by Gasteiger charge is 2.27. The van der Waals surface area contributed by atoms with Gasteiger partial charge in [0.1, 0.15) is 0 Å². The number of anilines is 2. The van der Waals surface area contributed by atoms with Gasteiger partial charge >= 0.3 is 0 Å². The number of fused-ring (bicyclic) bond motifs is 2. The van der Waals surface area contributed by atoms with Crippen LogP contribution in [0.1, 0.15) is 15.9 Å². The lowest BCUT2D eigenvalue weighted by atomic mass is 10.1. The van der Waals surface area contributed by atoms with E-state index in [-0.39, 0.29) is 5.91 Å². The molecule has 4 rings (SSSR count). The molecule has 21 heavy (non-hydrogen) atoms. The van der Waals surface area contributed by atoms with Crippen molar-refractivity contribution in [3.05, 3.63) is 54.1 Å². The topological polar surface area (TPSA) is 76.5 Å². The molecule has 2 N–H and O–H groups in total. The van der Waals surface area contributed by atoms with Crippen molar-refractivity contribution in [3.8, 4) is 0 Å². The Morgan fingerprint density at radius 2 is 2.19 bits per heavy atom. The van der Waals surface area contributed by atoms with Crippen LogP contribution in [0.2, 0.25) is 0 Å². The SMILES string of the molecule is Nc1ccc2c(c1)CCN2C(=O)c1cnn2ccncc12. The molecule has 1 amide bonds. The fraction of sp³-hybridized carbons (Fsp3) is 0.133. The van der Waals surface area contributed by atoms with Crippen molar-refractivity contribution in [2.75, 3.05) is 17.2 Å². The monoisotopic (exact) mass is 279 g/mol. The molecule has 0 unspecified atom stereocenters. The Kier molecular flexibility index (Phi) is 2.44. The van der Waals surface area contributed by atoms with Gasteiger partial charge in [0.15, 0.2) is 0 Å². The number of rotatable bonds is 1. The first-order chi connectivity index (χ1) is 10.2. The molecule has 1 aromatic carbocycles. The van der Waals surface area contributed by atoms with Crippen LogP contribution in [0.4, 0.5) is 11.4 Å². The lowest BCUT2D eigenvalue weighted by molar-refractivity contribution is 0.0991. The smallest absolute Gasteiger partial charge is 0.262 e. The molecule has 0 saturated carbocycles. The fourth-order valence-corrected chi connectivity index (χ4v) is 2.78. The van der Waals surface area contributed by atoms with Crippen molar-refractivity contribution in [1.29, 1.82) is 0 Å². The minimum Gasteiger partial charge on any atom is -0.399 e. The van der Waals surface area contributed by atoms with Crippen LogP contribution in [0.25, 0.3) is 5.52 Å². The molecule has 6 heteroatoms. The molecule has 6 nitrogen and oxygen atoms in total. The first-order valence-electron chi connectivity index (χ1n) is 6.71. The Labute approximate surface area is 120 Å². The van der Waals surface area contributed by atoms with E-state index in [9.17, 15) is 4.79 Å². The Morgan fingerprint density at radius 1 is 1.29 bits per heavy atom. The van der Waals surface area contributed by atoms with Crippen LogP contribution in [0.3, 0.4) is 0 Å².